The molecule has 3 aromatic carbocycles. The van der Waals surface area contributed by atoms with E-state index in [-0.39, 0.29) is 11.3 Å². The van der Waals surface area contributed by atoms with Gasteiger partial charge in [-0.1, -0.05) is 60.1 Å². The van der Waals surface area contributed by atoms with Crippen molar-refractivity contribution in [1.82, 2.24) is 4.57 Å². The van der Waals surface area contributed by atoms with Gasteiger partial charge in [-0.25, -0.2) is 4.39 Å². The topological polar surface area (TPSA) is 57.8 Å². The van der Waals surface area contributed by atoms with Crippen molar-refractivity contribution in [3.63, 3.8) is 0 Å². The molecule has 1 heterocycles. The summed E-state index contributed by atoms with van der Waals surface area (Å²) in [5, 5.41) is 13.6. The Kier molecular flexibility index (Phi) is 5.83. The summed E-state index contributed by atoms with van der Waals surface area (Å²) >= 11 is 6.32. The van der Waals surface area contributed by atoms with Crippen LogP contribution in [0.5, 0.6) is 0 Å². The Morgan fingerprint density at radius 3 is 2.55 bits per heavy atom. The number of carbonyl (C=O) groups excluding carboxylic acids is 1. The van der Waals surface area contributed by atoms with Gasteiger partial charge in [-0.2, -0.15) is 5.26 Å². The molecule has 4 rings (SSSR count). The second-order valence-electron chi connectivity index (χ2n) is 6.92. The number of para-hydroxylation sites is 2. The first-order chi connectivity index (χ1) is 15.1. The molecule has 152 valence electrons. The molecular weight excluding hydrogens is 413 g/mol. The number of nitriles is 1. The van der Waals surface area contributed by atoms with Crippen molar-refractivity contribution in [2.45, 2.75) is 6.54 Å². The summed E-state index contributed by atoms with van der Waals surface area (Å²) in [7, 11) is 0. The van der Waals surface area contributed by atoms with E-state index in [2.05, 4.69) is 5.32 Å². The number of rotatable bonds is 5. The highest BCUT2D eigenvalue weighted by Gasteiger charge is 2.14. The van der Waals surface area contributed by atoms with Gasteiger partial charge in [-0.15, -0.1) is 0 Å². The average Bonchev–Trinajstić information content (AvgIpc) is 3.12. The number of fused-ring (bicyclic) bond motifs is 1. The number of amides is 1. The van der Waals surface area contributed by atoms with E-state index in [0.717, 1.165) is 16.5 Å². The quantitative estimate of drug-likeness (QED) is 0.311. The van der Waals surface area contributed by atoms with Crippen LogP contribution in [0.2, 0.25) is 5.02 Å². The number of halogens is 2. The number of nitrogens with one attached hydrogen (secondary N) is 1. The van der Waals surface area contributed by atoms with Crippen LogP contribution < -0.4 is 5.32 Å². The summed E-state index contributed by atoms with van der Waals surface area (Å²) < 4.78 is 15.9. The highest BCUT2D eigenvalue weighted by atomic mass is 35.5. The van der Waals surface area contributed by atoms with Gasteiger partial charge in [0.05, 0.1) is 5.69 Å². The number of benzene rings is 3. The van der Waals surface area contributed by atoms with Gasteiger partial charge in [0.15, 0.2) is 0 Å². The minimum Gasteiger partial charge on any atom is -0.342 e. The zero-order valence-electron chi connectivity index (χ0n) is 16.3. The second kappa shape index (κ2) is 8.86. The Labute approximate surface area is 183 Å². The van der Waals surface area contributed by atoms with Crippen molar-refractivity contribution < 1.29 is 9.18 Å². The fourth-order valence-electron chi connectivity index (χ4n) is 3.39. The third kappa shape index (κ3) is 4.35. The molecule has 0 saturated carbocycles. The van der Waals surface area contributed by atoms with Crippen LogP contribution in [0, 0.1) is 17.1 Å². The lowest BCUT2D eigenvalue weighted by molar-refractivity contribution is -0.112. The van der Waals surface area contributed by atoms with Crippen molar-refractivity contribution in [3.05, 3.63) is 107 Å². The summed E-state index contributed by atoms with van der Waals surface area (Å²) in [6, 6.07) is 23.0. The van der Waals surface area contributed by atoms with Gasteiger partial charge in [-0.3, -0.25) is 4.79 Å². The van der Waals surface area contributed by atoms with E-state index in [1.165, 1.54) is 24.3 Å². The molecule has 0 fully saturated rings. The Bertz CT molecular complexity index is 1350. The normalized spacial score (nSPS) is 11.3. The van der Waals surface area contributed by atoms with Crippen molar-refractivity contribution in [2.75, 3.05) is 5.32 Å². The number of hydrogen-bond acceptors (Lipinski definition) is 2. The molecule has 0 atom stereocenters. The Hall–Kier alpha value is -3.88. The molecule has 6 heteroatoms. The zero-order valence-corrected chi connectivity index (χ0v) is 17.1. The van der Waals surface area contributed by atoms with Gasteiger partial charge < -0.3 is 9.88 Å². The van der Waals surface area contributed by atoms with Crippen LogP contribution in [-0.4, -0.2) is 10.5 Å². The summed E-state index contributed by atoms with van der Waals surface area (Å²) in [6.07, 6.45) is 3.39. The highest BCUT2D eigenvalue weighted by Crippen LogP contribution is 2.26. The first-order valence-corrected chi connectivity index (χ1v) is 9.93. The molecule has 1 amide bonds. The Morgan fingerprint density at radius 1 is 1.06 bits per heavy atom. The molecule has 0 aliphatic heterocycles. The SMILES string of the molecule is N#CC(=Cc1cn(Cc2ccccc2Cl)c2ccccc12)C(=O)Nc1ccccc1F. The van der Waals surface area contributed by atoms with Crippen LogP contribution in [0.1, 0.15) is 11.1 Å². The molecule has 0 bridgehead atoms. The predicted octanol–water partition coefficient (Wildman–Crippen LogP) is 6.03. The Morgan fingerprint density at radius 2 is 1.77 bits per heavy atom. The van der Waals surface area contributed by atoms with Gasteiger partial charge in [0.25, 0.3) is 5.91 Å². The first kappa shape index (κ1) is 20.4. The highest BCUT2D eigenvalue weighted by molar-refractivity contribution is 6.31. The van der Waals surface area contributed by atoms with Gasteiger partial charge in [-0.05, 0) is 35.9 Å². The third-order valence-corrected chi connectivity index (χ3v) is 5.27. The Balaban J connectivity index is 1.71. The molecule has 0 aliphatic rings. The molecule has 31 heavy (non-hydrogen) atoms. The van der Waals surface area contributed by atoms with E-state index in [9.17, 15) is 14.4 Å². The summed E-state index contributed by atoms with van der Waals surface area (Å²) in [5.41, 5.74) is 2.51. The number of anilines is 1. The molecule has 4 aromatic rings. The average molecular weight is 430 g/mol. The molecule has 0 radical (unpaired) electrons. The van der Waals surface area contributed by atoms with Gasteiger partial charge in [0, 0.05) is 34.2 Å². The number of aromatic nitrogens is 1. The van der Waals surface area contributed by atoms with Gasteiger partial charge >= 0.3 is 0 Å². The monoisotopic (exact) mass is 429 g/mol. The van der Waals surface area contributed by atoms with E-state index >= 15 is 0 Å². The maximum Gasteiger partial charge on any atom is 0.266 e. The van der Waals surface area contributed by atoms with Crippen LogP contribution in [0.3, 0.4) is 0 Å². The van der Waals surface area contributed by atoms with Crippen LogP contribution in [-0.2, 0) is 11.3 Å². The van der Waals surface area contributed by atoms with E-state index < -0.39 is 11.7 Å². The van der Waals surface area contributed by atoms with E-state index in [0.29, 0.717) is 17.1 Å². The standard InChI is InChI=1S/C25H17ClFN3O/c26-21-9-3-1-7-17(21)15-30-16-19(20-8-2-6-12-24(20)30)13-18(14-28)25(31)29-23-11-5-4-10-22(23)27/h1-13,16H,15H2,(H,29,31). The molecule has 4 nitrogen and oxygen atoms in total. The van der Waals surface area contributed by atoms with E-state index in [1.807, 2.05) is 65.4 Å². The molecule has 1 N–H and O–H groups in total. The summed E-state index contributed by atoms with van der Waals surface area (Å²) in [5.74, 6) is -1.24. The lowest BCUT2D eigenvalue weighted by Crippen LogP contribution is -2.14. The van der Waals surface area contributed by atoms with Crippen LogP contribution in [0.4, 0.5) is 10.1 Å². The van der Waals surface area contributed by atoms with E-state index in [1.54, 1.807) is 6.07 Å². The molecule has 0 aliphatic carbocycles. The molecule has 0 spiro atoms. The lowest BCUT2D eigenvalue weighted by atomic mass is 10.1. The van der Waals surface area contributed by atoms with Gasteiger partial charge in [0.1, 0.15) is 17.5 Å². The lowest BCUT2D eigenvalue weighted by Gasteiger charge is -2.07. The summed E-state index contributed by atoms with van der Waals surface area (Å²) in [6.45, 7) is 0.539. The minimum absolute atomic E-state index is 0.0230. The predicted molar refractivity (Wildman–Crippen MR) is 121 cm³/mol. The zero-order chi connectivity index (χ0) is 21.8. The number of carbonyl (C=O) groups is 1. The minimum atomic E-state index is -0.671. The van der Waals surface area contributed by atoms with Crippen molar-refractivity contribution in [1.29, 1.82) is 5.26 Å². The molecular formula is C25H17ClFN3O. The van der Waals surface area contributed by atoms with Gasteiger partial charge in [0.2, 0.25) is 0 Å². The molecule has 0 unspecified atom stereocenters. The number of hydrogen-bond donors (Lipinski definition) is 1. The van der Waals surface area contributed by atoms with Crippen LogP contribution in [0.15, 0.2) is 84.6 Å². The van der Waals surface area contributed by atoms with Crippen molar-refractivity contribution in [3.8, 4) is 6.07 Å². The third-order valence-electron chi connectivity index (χ3n) is 4.90. The van der Waals surface area contributed by atoms with E-state index in [4.69, 9.17) is 11.6 Å². The maximum atomic E-state index is 13.9. The van der Waals surface area contributed by atoms with Crippen LogP contribution in [0.25, 0.3) is 17.0 Å². The smallest absolute Gasteiger partial charge is 0.266 e. The fourth-order valence-corrected chi connectivity index (χ4v) is 3.58. The molecule has 0 saturated heterocycles. The first-order valence-electron chi connectivity index (χ1n) is 9.56. The summed E-state index contributed by atoms with van der Waals surface area (Å²) in [4.78, 5) is 12.6. The fraction of sp³-hybridized carbons (Fsp3) is 0.0400. The van der Waals surface area contributed by atoms with Crippen molar-refractivity contribution >= 4 is 40.2 Å². The largest absolute Gasteiger partial charge is 0.342 e. The second-order valence-corrected chi connectivity index (χ2v) is 7.33. The van der Waals surface area contributed by atoms with Crippen molar-refractivity contribution in [2.24, 2.45) is 0 Å². The number of nitrogens with zero attached hydrogens (tertiary/aromatic N) is 2. The van der Waals surface area contributed by atoms with Crippen LogP contribution >= 0.6 is 11.6 Å². The maximum absolute atomic E-state index is 13.9. The molecule has 1 aromatic heterocycles.